The van der Waals surface area contributed by atoms with Gasteiger partial charge in [0.25, 0.3) is 0 Å². The second-order valence-electron chi connectivity index (χ2n) is 7.15. The number of aromatic nitrogens is 4. The van der Waals surface area contributed by atoms with E-state index < -0.39 is 0 Å². The molecule has 1 aliphatic rings. The summed E-state index contributed by atoms with van der Waals surface area (Å²) in [5.74, 6) is 1.23. The molecule has 3 heterocycles. The van der Waals surface area contributed by atoms with Crippen molar-refractivity contribution in [3.8, 4) is 0 Å². The van der Waals surface area contributed by atoms with Crippen molar-refractivity contribution in [3.05, 3.63) is 71.8 Å². The number of nitrogens with one attached hydrogen (secondary N) is 1. The van der Waals surface area contributed by atoms with E-state index in [-0.39, 0.29) is 0 Å². The molecule has 6 nitrogen and oxygen atoms in total. The van der Waals surface area contributed by atoms with Gasteiger partial charge in [0.2, 0.25) is 5.95 Å². The van der Waals surface area contributed by atoms with E-state index in [1.54, 1.807) is 12.4 Å². The van der Waals surface area contributed by atoms with Crippen LogP contribution in [0.2, 0.25) is 0 Å². The average Bonchev–Trinajstić information content (AvgIpc) is 3.14. The molecule has 0 unspecified atom stereocenters. The van der Waals surface area contributed by atoms with Gasteiger partial charge in [0, 0.05) is 25.5 Å². The quantitative estimate of drug-likeness (QED) is 0.699. The van der Waals surface area contributed by atoms with Crippen LogP contribution in [0.3, 0.4) is 0 Å². The van der Waals surface area contributed by atoms with E-state index in [2.05, 4.69) is 68.2 Å². The third-order valence-corrected chi connectivity index (χ3v) is 5.17. The SMILES string of the molecule is C[C@H](CCN1CCn2nc(CNc3ncccn3)cc2C1)c1ccccc1. The summed E-state index contributed by atoms with van der Waals surface area (Å²) in [5.41, 5.74) is 3.76. The second kappa shape index (κ2) is 8.31. The van der Waals surface area contributed by atoms with Gasteiger partial charge in [-0.05, 0) is 36.6 Å². The topological polar surface area (TPSA) is 58.9 Å². The zero-order valence-corrected chi connectivity index (χ0v) is 15.8. The zero-order chi connectivity index (χ0) is 18.5. The predicted octanol–water partition coefficient (Wildman–Crippen LogP) is 3.29. The van der Waals surface area contributed by atoms with Crippen LogP contribution in [0.15, 0.2) is 54.9 Å². The Morgan fingerprint density at radius 2 is 1.89 bits per heavy atom. The number of fused-ring (bicyclic) bond motifs is 1. The Kier molecular flexibility index (Phi) is 5.44. The summed E-state index contributed by atoms with van der Waals surface area (Å²) in [6.07, 6.45) is 4.65. The highest BCUT2D eigenvalue weighted by molar-refractivity contribution is 5.25. The number of hydrogen-bond donors (Lipinski definition) is 1. The molecular formula is C21H26N6. The fraction of sp³-hybridized carbons (Fsp3) is 0.381. The minimum absolute atomic E-state index is 0.587. The molecule has 27 heavy (non-hydrogen) atoms. The maximum atomic E-state index is 4.72. The molecule has 0 saturated carbocycles. The van der Waals surface area contributed by atoms with Crippen LogP contribution >= 0.6 is 0 Å². The first-order valence-electron chi connectivity index (χ1n) is 9.62. The number of benzene rings is 1. The molecule has 0 aliphatic carbocycles. The minimum Gasteiger partial charge on any atom is -0.348 e. The molecule has 0 fully saturated rings. The van der Waals surface area contributed by atoms with Crippen LogP contribution in [-0.2, 0) is 19.6 Å². The number of hydrogen-bond acceptors (Lipinski definition) is 5. The van der Waals surface area contributed by atoms with Gasteiger partial charge in [-0.15, -0.1) is 0 Å². The fourth-order valence-corrected chi connectivity index (χ4v) is 3.54. The van der Waals surface area contributed by atoms with Crippen molar-refractivity contribution in [3.63, 3.8) is 0 Å². The van der Waals surface area contributed by atoms with E-state index in [1.807, 2.05) is 6.07 Å². The van der Waals surface area contributed by atoms with Gasteiger partial charge < -0.3 is 5.32 Å². The first kappa shape index (κ1) is 17.7. The van der Waals surface area contributed by atoms with Gasteiger partial charge in [0.15, 0.2) is 0 Å². The smallest absolute Gasteiger partial charge is 0.222 e. The maximum absolute atomic E-state index is 4.72. The largest absolute Gasteiger partial charge is 0.348 e. The van der Waals surface area contributed by atoms with Crippen LogP contribution in [0.1, 0.15) is 36.2 Å². The van der Waals surface area contributed by atoms with Crippen molar-refractivity contribution in [1.29, 1.82) is 0 Å². The van der Waals surface area contributed by atoms with E-state index in [1.165, 1.54) is 17.7 Å². The molecule has 3 aromatic rings. The van der Waals surface area contributed by atoms with Gasteiger partial charge in [-0.1, -0.05) is 37.3 Å². The standard InChI is InChI=1S/C21H26N6/c1-17(18-6-3-2-4-7-18)8-11-26-12-13-27-20(16-26)14-19(25-27)15-24-21-22-9-5-10-23-21/h2-7,9-10,14,17H,8,11-13,15-16H2,1H3,(H,22,23,24)/t17-/m1/s1. The van der Waals surface area contributed by atoms with Gasteiger partial charge >= 0.3 is 0 Å². The molecule has 1 aliphatic heterocycles. The van der Waals surface area contributed by atoms with Crippen molar-refractivity contribution < 1.29 is 0 Å². The summed E-state index contributed by atoms with van der Waals surface area (Å²) < 4.78 is 2.14. The lowest BCUT2D eigenvalue weighted by atomic mass is 9.97. The van der Waals surface area contributed by atoms with E-state index in [0.717, 1.165) is 31.9 Å². The van der Waals surface area contributed by atoms with Gasteiger partial charge in [0.1, 0.15) is 0 Å². The molecule has 6 heteroatoms. The molecule has 1 aromatic carbocycles. The third-order valence-electron chi connectivity index (χ3n) is 5.17. The molecule has 1 N–H and O–H groups in total. The predicted molar refractivity (Wildman–Crippen MR) is 106 cm³/mol. The van der Waals surface area contributed by atoms with Crippen molar-refractivity contribution in [1.82, 2.24) is 24.6 Å². The van der Waals surface area contributed by atoms with Crippen molar-refractivity contribution in [2.75, 3.05) is 18.4 Å². The summed E-state index contributed by atoms with van der Waals surface area (Å²) in [7, 11) is 0. The monoisotopic (exact) mass is 362 g/mol. The number of anilines is 1. The van der Waals surface area contributed by atoms with E-state index in [0.29, 0.717) is 18.4 Å². The second-order valence-corrected chi connectivity index (χ2v) is 7.15. The molecule has 4 rings (SSSR count). The Balaban J connectivity index is 1.30. The Morgan fingerprint density at radius 3 is 2.70 bits per heavy atom. The van der Waals surface area contributed by atoms with Crippen molar-refractivity contribution in [2.45, 2.75) is 38.9 Å². The molecule has 0 saturated heterocycles. The normalized spacial score (nSPS) is 15.3. The number of rotatable bonds is 7. The van der Waals surface area contributed by atoms with Crippen LogP contribution in [0.4, 0.5) is 5.95 Å². The summed E-state index contributed by atoms with van der Waals surface area (Å²) in [6, 6.07) is 14.8. The Labute approximate surface area is 160 Å². The first-order chi connectivity index (χ1) is 13.3. The van der Waals surface area contributed by atoms with Crippen LogP contribution in [-0.4, -0.2) is 37.7 Å². The van der Waals surface area contributed by atoms with Crippen LogP contribution < -0.4 is 5.32 Å². The highest BCUT2D eigenvalue weighted by Gasteiger charge is 2.19. The van der Waals surface area contributed by atoms with Gasteiger partial charge in [-0.2, -0.15) is 5.10 Å². The van der Waals surface area contributed by atoms with Crippen LogP contribution in [0, 0.1) is 0 Å². The molecule has 0 radical (unpaired) electrons. The Morgan fingerprint density at radius 1 is 1.07 bits per heavy atom. The Bertz CT molecular complexity index is 846. The summed E-state index contributed by atoms with van der Waals surface area (Å²) in [5, 5.41) is 7.94. The van der Waals surface area contributed by atoms with Crippen molar-refractivity contribution in [2.24, 2.45) is 0 Å². The summed E-state index contributed by atoms with van der Waals surface area (Å²) >= 11 is 0. The van der Waals surface area contributed by atoms with Gasteiger partial charge in [0.05, 0.1) is 24.5 Å². The van der Waals surface area contributed by atoms with E-state index in [9.17, 15) is 0 Å². The minimum atomic E-state index is 0.587. The third kappa shape index (κ3) is 4.52. The average molecular weight is 362 g/mol. The lowest BCUT2D eigenvalue weighted by molar-refractivity contribution is 0.207. The van der Waals surface area contributed by atoms with Crippen LogP contribution in [0.5, 0.6) is 0 Å². The molecule has 2 aromatic heterocycles. The van der Waals surface area contributed by atoms with E-state index >= 15 is 0 Å². The molecule has 0 amide bonds. The highest BCUT2D eigenvalue weighted by Crippen LogP contribution is 2.21. The lowest BCUT2D eigenvalue weighted by Crippen LogP contribution is -2.34. The van der Waals surface area contributed by atoms with Crippen LogP contribution in [0.25, 0.3) is 0 Å². The van der Waals surface area contributed by atoms with Gasteiger partial charge in [-0.3, -0.25) is 9.58 Å². The molecule has 140 valence electrons. The molecule has 0 bridgehead atoms. The summed E-state index contributed by atoms with van der Waals surface area (Å²) in [4.78, 5) is 10.9. The van der Waals surface area contributed by atoms with Gasteiger partial charge in [-0.25, -0.2) is 9.97 Å². The Hall–Kier alpha value is -2.73. The summed E-state index contributed by atoms with van der Waals surface area (Å²) in [6.45, 7) is 7.07. The van der Waals surface area contributed by atoms with E-state index in [4.69, 9.17) is 5.10 Å². The molecule has 1 atom stereocenters. The van der Waals surface area contributed by atoms with Crippen molar-refractivity contribution >= 4 is 5.95 Å². The lowest BCUT2D eigenvalue weighted by Gasteiger charge is -2.28. The number of nitrogens with zero attached hydrogens (tertiary/aromatic N) is 5. The molecule has 0 spiro atoms. The maximum Gasteiger partial charge on any atom is 0.222 e. The fourth-order valence-electron chi connectivity index (χ4n) is 3.54. The zero-order valence-electron chi connectivity index (χ0n) is 15.8. The molecular weight excluding hydrogens is 336 g/mol. The highest BCUT2D eigenvalue weighted by atomic mass is 15.3. The first-order valence-corrected chi connectivity index (χ1v) is 9.62.